The second-order valence-electron chi connectivity index (χ2n) is 9.55. The van der Waals surface area contributed by atoms with Gasteiger partial charge in [0.15, 0.2) is 0 Å². The SMILES string of the molecule is O=C[C@@H]1CCCC[C@H]1OC(=O)CCCCCCCCCCC(=O)O[C@@H]1CCCC[C@H]1C=O. The van der Waals surface area contributed by atoms with Crippen molar-refractivity contribution in [2.45, 2.75) is 128 Å². The zero-order chi connectivity index (χ0) is 23.0. The van der Waals surface area contributed by atoms with Gasteiger partial charge in [-0.2, -0.15) is 0 Å². The number of carbonyl (C=O) groups is 4. The van der Waals surface area contributed by atoms with Gasteiger partial charge in [0.1, 0.15) is 24.8 Å². The van der Waals surface area contributed by atoms with Crippen molar-refractivity contribution in [3.8, 4) is 0 Å². The van der Waals surface area contributed by atoms with E-state index in [0.29, 0.717) is 12.8 Å². The molecule has 2 fully saturated rings. The minimum atomic E-state index is -0.208. The van der Waals surface area contributed by atoms with Crippen molar-refractivity contribution < 1.29 is 28.7 Å². The fourth-order valence-corrected chi connectivity index (χ4v) is 4.91. The zero-order valence-electron chi connectivity index (χ0n) is 19.6. The van der Waals surface area contributed by atoms with E-state index in [9.17, 15) is 19.2 Å². The van der Waals surface area contributed by atoms with Crippen LogP contribution in [0.1, 0.15) is 116 Å². The van der Waals surface area contributed by atoms with Gasteiger partial charge in [0.05, 0.1) is 11.8 Å². The standard InChI is InChI=1S/C26H42O6/c27-19-21-13-9-11-15-23(21)31-25(29)17-7-5-3-1-2-4-6-8-18-26(30)32-24-16-12-10-14-22(24)20-28/h19-24H,1-18H2/t21-,22-,23+,24+/m0/s1. The van der Waals surface area contributed by atoms with Gasteiger partial charge >= 0.3 is 11.9 Å². The van der Waals surface area contributed by atoms with Gasteiger partial charge in [-0.1, -0.05) is 51.4 Å². The van der Waals surface area contributed by atoms with Gasteiger partial charge in [0.2, 0.25) is 0 Å². The number of carbonyl (C=O) groups excluding carboxylic acids is 4. The molecule has 0 spiro atoms. The van der Waals surface area contributed by atoms with E-state index in [1.165, 1.54) is 0 Å². The summed E-state index contributed by atoms with van der Waals surface area (Å²) < 4.78 is 11.0. The summed E-state index contributed by atoms with van der Waals surface area (Å²) in [6.07, 6.45) is 18.0. The topological polar surface area (TPSA) is 86.7 Å². The number of ether oxygens (including phenoxy) is 2. The first-order valence-electron chi connectivity index (χ1n) is 12.9. The first-order valence-corrected chi connectivity index (χ1v) is 12.9. The van der Waals surface area contributed by atoms with Gasteiger partial charge in [-0.3, -0.25) is 9.59 Å². The number of rotatable bonds is 15. The Kier molecular flexibility index (Phi) is 13.2. The number of hydrogen-bond acceptors (Lipinski definition) is 6. The van der Waals surface area contributed by atoms with Crippen LogP contribution in [-0.2, 0) is 28.7 Å². The first kappa shape index (κ1) is 26.5. The van der Waals surface area contributed by atoms with Gasteiger partial charge in [0, 0.05) is 12.8 Å². The first-order chi connectivity index (χ1) is 15.6. The van der Waals surface area contributed by atoms with E-state index in [4.69, 9.17) is 9.47 Å². The maximum atomic E-state index is 12.0. The fourth-order valence-electron chi connectivity index (χ4n) is 4.91. The van der Waals surface area contributed by atoms with Crippen LogP contribution < -0.4 is 0 Å². The Balaban J connectivity index is 1.40. The number of esters is 2. The number of aldehydes is 2. The molecule has 0 N–H and O–H groups in total. The maximum Gasteiger partial charge on any atom is 0.306 e. The third-order valence-electron chi connectivity index (χ3n) is 6.93. The highest BCUT2D eigenvalue weighted by atomic mass is 16.5. The lowest BCUT2D eigenvalue weighted by molar-refractivity contribution is -0.155. The van der Waals surface area contributed by atoms with Crippen LogP contribution in [0.15, 0.2) is 0 Å². The molecule has 2 saturated carbocycles. The predicted octanol–water partition coefficient (Wildman–Crippen LogP) is 5.49. The molecular weight excluding hydrogens is 408 g/mol. The lowest BCUT2D eigenvalue weighted by atomic mass is 9.87. The number of hydrogen-bond donors (Lipinski definition) is 0. The Bertz CT molecular complexity index is 525. The van der Waals surface area contributed by atoms with E-state index >= 15 is 0 Å². The van der Waals surface area contributed by atoms with E-state index in [0.717, 1.165) is 115 Å². The molecule has 0 radical (unpaired) electrons. The third-order valence-corrected chi connectivity index (χ3v) is 6.93. The molecule has 4 atom stereocenters. The predicted molar refractivity (Wildman–Crippen MR) is 122 cm³/mol. The Labute approximate surface area is 193 Å². The summed E-state index contributed by atoms with van der Waals surface area (Å²) in [6, 6.07) is 0. The molecule has 2 aliphatic rings. The molecule has 0 heterocycles. The zero-order valence-corrected chi connectivity index (χ0v) is 19.6. The molecule has 182 valence electrons. The van der Waals surface area contributed by atoms with Crippen LogP contribution in [0.25, 0.3) is 0 Å². The lowest BCUT2D eigenvalue weighted by Crippen LogP contribution is -2.30. The minimum absolute atomic E-state index is 0.116. The number of unbranched alkanes of at least 4 members (excludes halogenated alkanes) is 7. The lowest BCUT2D eigenvalue weighted by Gasteiger charge is -2.27. The van der Waals surface area contributed by atoms with Crippen molar-refractivity contribution in [3.63, 3.8) is 0 Å². The second-order valence-corrected chi connectivity index (χ2v) is 9.55. The van der Waals surface area contributed by atoms with Crippen molar-refractivity contribution in [2.75, 3.05) is 0 Å². The highest BCUT2D eigenvalue weighted by molar-refractivity contribution is 5.70. The molecule has 2 rings (SSSR count). The summed E-state index contributed by atoms with van der Waals surface area (Å²) in [5.41, 5.74) is 0. The largest absolute Gasteiger partial charge is 0.462 e. The molecule has 0 saturated heterocycles. The molecular formula is C26H42O6. The van der Waals surface area contributed by atoms with Crippen molar-refractivity contribution in [1.82, 2.24) is 0 Å². The minimum Gasteiger partial charge on any atom is -0.462 e. The van der Waals surface area contributed by atoms with Crippen LogP contribution >= 0.6 is 0 Å². The Hall–Kier alpha value is -1.72. The van der Waals surface area contributed by atoms with Crippen LogP contribution in [0, 0.1) is 11.8 Å². The molecule has 0 aromatic heterocycles. The van der Waals surface area contributed by atoms with E-state index < -0.39 is 0 Å². The van der Waals surface area contributed by atoms with Crippen molar-refractivity contribution in [3.05, 3.63) is 0 Å². The van der Waals surface area contributed by atoms with Gasteiger partial charge in [0.25, 0.3) is 0 Å². The van der Waals surface area contributed by atoms with Crippen molar-refractivity contribution >= 4 is 24.5 Å². The van der Waals surface area contributed by atoms with Crippen LogP contribution in [0.2, 0.25) is 0 Å². The van der Waals surface area contributed by atoms with Gasteiger partial charge < -0.3 is 19.1 Å². The molecule has 2 aliphatic carbocycles. The molecule has 0 aromatic rings. The molecule has 0 amide bonds. The van der Waals surface area contributed by atoms with Crippen molar-refractivity contribution in [1.29, 1.82) is 0 Å². The quantitative estimate of drug-likeness (QED) is 0.186. The van der Waals surface area contributed by atoms with Crippen LogP contribution in [0.5, 0.6) is 0 Å². The summed E-state index contributed by atoms with van der Waals surface area (Å²) in [6.45, 7) is 0. The molecule has 6 nitrogen and oxygen atoms in total. The normalized spacial score (nSPS) is 25.6. The Morgan fingerprint density at radius 2 is 0.906 bits per heavy atom. The fraction of sp³-hybridized carbons (Fsp3) is 0.846. The van der Waals surface area contributed by atoms with Gasteiger partial charge in [-0.15, -0.1) is 0 Å². The summed E-state index contributed by atoms with van der Waals surface area (Å²) in [5.74, 6) is -0.559. The van der Waals surface area contributed by atoms with Crippen LogP contribution in [0.4, 0.5) is 0 Å². The van der Waals surface area contributed by atoms with Gasteiger partial charge in [-0.05, 0) is 51.4 Å². The van der Waals surface area contributed by atoms with Crippen LogP contribution in [0.3, 0.4) is 0 Å². The summed E-state index contributed by atoms with van der Waals surface area (Å²) in [7, 11) is 0. The van der Waals surface area contributed by atoms with E-state index in [2.05, 4.69) is 0 Å². The van der Waals surface area contributed by atoms with Crippen LogP contribution in [-0.4, -0.2) is 36.7 Å². The molecule has 32 heavy (non-hydrogen) atoms. The molecule has 0 unspecified atom stereocenters. The highest BCUT2D eigenvalue weighted by Gasteiger charge is 2.28. The monoisotopic (exact) mass is 450 g/mol. The summed E-state index contributed by atoms with van der Waals surface area (Å²) in [4.78, 5) is 46.2. The van der Waals surface area contributed by atoms with E-state index in [-0.39, 0.29) is 36.0 Å². The highest BCUT2D eigenvalue weighted by Crippen LogP contribution is 2.27. The van der Waals surface area contributed by atoms with Crippen molar-refractivity contribution in [2.24, 2.45) is 11.8 Å². The second kappa shape index (κ2) is 16.0. The average Bonchev–Trinajstić information content (AvgIpc) is 2.81. The maximum absolute atomic E-state index is 12.0. The van der Waals surface area contributed by atoms with E-state index in [1.807, 2.05) is 0 Å². The Morgan fingerprint density at radius 3 is 1.28 bits per heavy atom. The smallest absolute Gasteiger partial charge is 0.306 e. The Morgan fingerprint density at radius 1 is 0.562 bits per heavy atom. The third kappa shape index (κ3) is 10.3. The average molecular weight is 451 g/mol. The molecule has 0 bridgehead atoms. The molecule has 0 aliphatic heterocycles. The molecule has 6 heteroatoms. The van der Waals surface area contributed by atoms with E-state index in [1.54, 1.807) is 0 Å². The summed E-state index contributed by atoms with van der Waals surface area (Å²) in [5, 5.41) is 0. The molecule has 0 aromatic carbocycles. The van der Waals surface area contributed by atoms with Gasteiger partial charge in [-0.25, -0.2) is 0 Å². The summed E-state index contributed by atoms with van der Waals surface area (Å²) >= 11 is 0.